The Morgan fingerprint density at radius 3 is 2.91 bits per heavy atom. The second kappa shape index (κ2) is 8.41. The van der Waals surface area contributed by atoms with Crippen molar-refractivity contribution in [1.29, 1.82) is 0 Å². The third-order valence-electron chi connectivity index (χ3n) is 2.71. The van der Waals surface area contributed by atoms with Crippen LogP contribution in [0.15, 0.2) is 53.9 Å². The number of aromatic nitrogens is 1. The molecule has 1 heterocycles. The molecule has 6 heteroatoms. The van der Waals surface area contributed by atoms with Gasteiger partial charge in [-0.15, -0.1) is 0 Å². The maximum Gasteiger partial charge on any atom is 0.259 e. The van der Waals surface area contributed by atoms with Crippen molar-refractivity contribution in [2.75, 3.05) is 18.5 Å². The first-order chi connectivity index (χ1) is 10.8. The summed E-state index contributed by atoms with van der Waals surface area (Å²) < 4.78 is 5.40. The monoisotopic (exact) mass is 298 g/mol. The molecule has 2 aromatic rings. The fourth-order valence-corrected chi connectivity index (χ4v) is 1.71. The molecule has 0 saturated heterocycles. The van der Waals surface area contributed by atoms with Crippen molar-refractivity contribution < 1.29 is 9.53 Å². The molecular weight excluding hydrogens is 280 g/mol. The van der Waals surface area contributed by atoms with E-state index in [2.05, 4.69) is 20.8 Å². The lowest BCUT2D eigenvalue weighted by molar-refractivity contribution is -0.119. The fourth-order valence-electron chi connectivity index (χ4n) is 1.71. The molecule has 6 nitrogen and oxygen atoms in total. The third kappa shape index (κ3) is 5.24. The summed E-state index contributed by atoms with van der Waals surface area (Å²) in [5, 5.41) is 6.90. The number of carbonyl (C=O) groups is 1. The van der Waals surface area contributed by atoms with E-state index < -0.39 is 0 Å². The number of ether oxygens (including phenoxy) is 1. The minimum absolute atomic E-state index is 0.128. The van der Waals surface area contributed by atoms with Crippen molar-refractivity contribution in [3.63, 3.8) is 0 Å². The van der Waals surface area contributed by atoms with Crippen LogP contribution in [-0.4, -0.2) is 30.3 Å². The molecular formula is C16H18N4O2. The van der Waals surface area contributed by atoms with Crippen molar-refractivity contribution in [3.8, 4) is 5.75 Å². The SMILES string of the molecule is CCOc1cccc(NCC(=O)N/N=C/c2ccncc2)c1. The van der Waals surface area contributed by atoms with E-state index in [9.17, 15) is 4.79 Å². The summed E-state index contributed by atoms with van der Waals surface area (Å²) in [7, 11) is 0. The van der Waals surface area contributed by atoms with E-state index in [0.29, 0.717) is 6.61 Å². The number of hydrogen-bond donors (Lipinski definition) is 2. The molecule has 2 N–H and O–H groups in total. The molecule has 0 aliphatic rings. The molecule has 114 valence electrons. The first-order valence-electron chi connectivity index (χ1n) is 6.96. The largest absolute Gasteiger partial charge is 0.494 e. The lowest BCUT2D eigenvalue weighted by atomic mass is 10.3. The lowest BCUT2D eigenvalue weighted by Gasteiger charge is -2.08. The van der Waals surface area contributed by atoms with Crippen molar-refractivity contribution >= 4 is 17.8 Å². The van der Waals surface area contributed by atoms with Crippen molar-refractivity contribution in [2.45, 2.75) is 6.92 Å². The van der Waals surface area contributed by atoms with Gasteiger partial charge in [-0.25, -0.2) is 5.43 Å². The van der Waals surface area contributed by atoms with E-state index in [0.717, 1.165) is 17.0 Å². The molecule has 0 saturated carbocycles. The maximum absolute atomic E-state index is 11.7. The number of carbonyl (C=O) groups excluding carboxylic acids is 1. The first kappa shape index (κ1) is 15.5. The predicted octanol–water partition coefficient (Wildman–Crippen LogP) is 2.04. The number of amides is 1. The Kier molecular flexibility index (Phi) is 5.92. The highest BCUT2D eigenvalue weighted by atomic mass is 16.5. The van der Waals surface area contributed by atoms with Gasteiger partial charge in [0.15, 0.2) is 0 Å². The predicted molar refractivity (Wildman–Crippen MR) is 86.1 cm³/mol. The summed E-state index contributed by atoms with van der Waals surface area (Å²) in [6.45, 7) is 2.66. The highest BCUT2D eigenvalue weighted by molar-refractivity contribution is 5.84. The summed E-state index contributed by atoms with van der Waals surface area (Å²) >= 11 is 0. The average Bonchev–Trinajstić information content (AvgIpc) is 2.55. The maximum atomic E-state index is 11.7. The van der Waals surface area contributed by atoms with Gasteiger partial charge >= 0.3 is 0 Å². The average molecular weight is 298 g/mol. The Morgan fingerprint density at radius 1 is 1.32 bits per heavy atom. The molecule has 0 spiro atoms. The number of hydrazone groups is 1. The van der Waals surface area contributed by atoms with E-state index in [-0.39, 0.29) is 12.5 Å². The van der Waals surface area contributed by atoms with Gasteiger partial charge in [0, 0.05) is 24.1 Å². The third-order valence-corrected chi connectivity index (χ3v) is 2.71. The van der Waals surface area contributed by atoms with Gasteiger partial charge in [-0.3, -0.25) is 9.78 Å². The summed E-state index contributed by atoms with van der Waals surface area (Å²) in [6.07, 6.45) is 4.89. The molecule has 0 aliphatic carbocycles. The van der Waals surface area contributed by atoms with Gasteiger partial charge in [0.05, 0.1) is 19.4 Å². The highest BCUT2D eigenvalue weighted by Gasteiger charge is 2.00. The second-order valence-corrected chi connectivity index (χ2v) is 4.39. The molecule has 0 fully saturated rings. The van der Waals surface area contributed by atoms with Crippen molar-refractivity contribution in [2.24, 2.45) is 5.10 Å². The Morgan fingerprint density at radius 2 is 2.14 bits per heavy atom. The van der Waals surface area contributed by atoms with Gasteiger partial charge in [0.2, 0.25) is 0 Å². The lowest BCUT2D eigenvalue weighted by Crippen LogP contribution is -2.25. The van der Waals surface area contributed by atoms with E-state index in [1.54, 1.807) is 30.7 Å². The molecule has 0 unspecified atom stereocenters. The number of nitrogens with one attached hydrogen (secondary N) is 2. The Labute approximate surface area is 129 Å². The van der Waals surface area contributed by atoms with Gasteiger partial charge in [-0.1, -0.05) is 6.07 Å². The molecule has 1 aromatic carbocycles. The van der Waals surface area contributed by atoms with Gasteiger partial charge in [0.25, 0.3) is 5.91 Å². The van der Waals surface area contributed by atoms with Crippen LogP contribution in [0.2, 0.25) is 0 Å². The molecule has 2 rings (SSSR count). The zero-order valence-electron chi connectivity index (χ0n) is 12.3. The van der Waals surface area contributed by atoms with E-state index in [1.165, 1.54) is 0 Å². The number of anilines is 1. The Hall–Kier alpha value is -2.89. The van der Waals surface area contributed by atoms with Gasteiger partial charge in [0.1, 0.15) is 5.75 Å². The molecule has 1 aromatic heterocycles. The minimum atomic E-state index is -0.230. The first-order valence-corrected chi connectivity index (χ1v) is 6.96. The smallest absolute Gasteiger partial charge is 0.259 e. The fraction of sp³-hybridized carbons (Fsp3) is 0.188. The standard InChI is InChI=1S/C16H18N4O2/c1-2-22-15-5-3-4-14(10-15)18-12-16(21)20-19-11-13-6-8-17-9-7-13/h3-11,18H,2,12H2,1H3,(H,20,21)/b19-11+. The zero-order chi connectivity index (χ0) is 15.6. The summed E-state index contributed by atoms with van der Waals surface area (Å²) in [5.74, 6) is 0.538. The van der Waals surface area contributed by atoms with Crippen molar-refractivity contribution in [1.82, 2.24) is 10.4 Å². The number of rotatable bonds is 7. The van der Waals surface area contributed by atoms with Crippen LogP contribution in [0.4, 0.5) is 5.69 Å². The summed E-state index contributed by atoms with van der Waals surface area (Å²) in [4.78, 5) is 15.6. The van der Waals surface area contributed by atoms with Crippen LogP contribution < -0.4 is 15.5 Å². The molecule has 0 aliphatic heterocycles. The highest BCUT2D eigenvalue weighted by Crippen LogP contribution is 2.16. The number of benzene rings is 1. The van der Waals surface area contributed by atoms with Crippen molar-refractivity contribution in [3.05, 3.63) is 54.4 Å². The number of hydrogen-bond acceptors (Lipinski definition) is 5. The molecule has 1 amide bonds. The number of nitrogens with zero attached hydrogens (tertiary/aromatic N) is 2. The van der Waals surface area contributed by atoms with Gasteiger partial charge in [-0.2, -0.15) is 5.10 Å². The van der Waals surface area contributed by atoms with Crippen LogP contribution >= 0.6 is 0 Å². The van der Waals surface area contributed by atoms with E-state index >= 15 is 0 Å². The quantitative estimate of drug-likeness (QED) is 0.606. The van der Waals surface area contributed by atoms with Crippen LogP contribution in [0.1, 0.15) is 12.5 Å². The van der Waals surface area contributed by atoms with Crippen LogP contribution in [0.3, 0.4) is 0 Å². The topological polar surface area (TPSA) is 75.6 Å². The van der Waals surface area contributed by atoms with Crippen LogP contribution in [0, 0.1) is 0 Å². The van der Waals surface area contributed by atoms with Gasteiger partial charge in [-0.05, 0) is 36.8 Å². The van der Waals surface area contributed by atoms with E-state index in [1.807, 2.05) is 31.2 Å². The molecule has 0 bridgehead atoms. The molecule has 22 heavy (non-hydrogen) atoms. The Bertz CT molecular complexity index is 629. The van der Waals surface area contributed by atoms with Crippen LogP contribution in [0.5, 0.6) is 5.75 Å². The molecule has 0 atom stereocenters. The normalized spacial score (nSPS) is 10.4. The van der Waals surface area contributed by atoms with Crippen LogP contribution in [-0.2, 0) is 4.79 Å². The molecule has 0 radical (unpaired) electrons. The summed E-state index contributed by atoms with van der Waals surface area (Å²) in [5.41, 5.74) is 4.14. The van der Waals surface area contributed by atoms with Gasteiger partial charge < -0.3 is 10.1 Å². The minimum Gasteiger partial charge on any atom is -0.494 e. The zero-order valence-corrected chi connectivity index (χ0v) is 12.3. The van der Waals surface area contributed by atoms with E-state index in [4.69, 9.17) is 4.74 Å². The number of pyridine rings is 1. The Balaban J connectivity index is 1.78. The second-order valence-electron chi connectivity index (χ2n) is 4.39. The summed E-state index contributed by atoms with van der Waals surface area (Å²) in [6, 6.07) is 11.0. The van der Waals surface area contributed by atoms with Crippen LogP contribution in [0.25, 0.3) is 0 Å².